The maximum atomic E-state index is 12.8. The summed E-state index contributed by atoms with van der Waals surface area (Å²) in [5.41, 5.74) is 3.41. The zero-order chi connectivity index (χ0) is 17.7. The number of carbonyl (C=O) groups excluding carboxylic acids is 1. The van der Waals surface area contributed by atoms with Crippen molar-refractivity contribution in [1.82, 2.24) is 9.66 Å². The van der Waals surface area contributed by atoms with Gasteiger partial charge in [0.05, 0.1) is 5.39 Å². The minimum atomic E-state index is -0.469. The van der Waals surface area contributed by atoms with E-state index in [1.54, 1.807) is 18.2 Å². The van der Waals surface area contributed by atoms with Gasteiger partial charge in [-0.15, -0.1) is 11.3 Å². The molecule has 0 saturated heterocycles. The number of carbonyl (C=O) groups is 1. The first-order chi connectivity index (χ1) is 12.0. The van der Waals surface area contributed by atoms with Gasteiger partial charge in [-0.2, -0.15) is 4.68 Å². The molecule has 4 rings (SSSR count). The molecule has 3 aromatic rings. The van der Waals surface area contributed by atoms with Crippen molar-refractivity contribution in [2.75, 3.05) is 12.2 Å². The molecule has 1 aliphatic rings. The molecule has 0 fully saturated rings. The number of amides is 1. The fourth-order valence-electron chi connectivity index (χ4n) is 2.64. The van der Waals surface area contributed by atoms with Gasteiger partial charge in [-0.05, 0) is 49.8 Å². The van der Waals surface area contributed by atoms with Crippen molar-refractivity contribution in [3.63, 3.8) is 0 Å². The Morgan fingerprint density at radius 1 is 1.32 bits per heavy atom. The minimum Gasteiger partial charge on any atom is -0.454 e. The highest BCUT2D eigenvalue weighted by molar-refractivity contribution is 7.71. The molecule has 3 heterocycles. The zero-order valence-corrected chi connectivity index (χ0v) is 15.0. The van der Waals surface area contributed by atoms with E-state index in [0.29, 0.717) is 27.3 Å². The zero-order valence-electron chi connectivity index (χ0n) is 13.3. The molecule has 0 unspecified atom stereocenters. The largest absolute Gasteiger partial charge is 0.454 e. The van der Waals surface area contributed by atoms with Crippen molar-refractivity contribution in [2.24, 2.45) is 0 Å². The van der Waals surface area contributed by atoms with E-state index in [9.17, 15) is 9.59 Å². The molecule has 0 radical (unpaired) electrons. The van der Waals surface area contributed by atoms with Crippen LogP contribution in [0.1, 0.15) is 20.8 Å². The molecule has 2 N–H and O–H groups in total. The third-order valence-electron chi connectivity index (χ3n) is 4.07. The lowest BCUT2D eigenvalue weighted by atomic mass is 10.2. The fraction of sp³-hybridized carbons (Fsp3) is 0.188. The van der Waals surface area contributed by atoms with Crippen molar-refractivity contribution < 1.29 is 14.3 Å². The summed E-state index contributed by atoms with van der Waals surface area (Å²) in [6, 6.07) is 4.81. The molecule has 1 aromatic carbocycles. The lowest BCUT2D eigenvalue weighted by Crippen LogP contribution is -2.34. The smallest absolute Gasteiger partial charge is 0.282 e. The van der Waals surface area contributed by atoms with Gasteiger partial charge in [0.15, 0.2) is 11.5 Å². The third kappa shape index (κ3) is 2.52. The van der Waals surface area contributed by atoms with E-state index in [1.165, 1.54) is 11.3 Å². The number of aromatic nitrogens is 2. The second-order valence-corrected chi connectivity index (χ2v) is 7.18. The maximum Gasteiger partial charge on any atom is 0.282 e. The number of benzene rings is 1. The summed E-state index contributed by atoms with van der Waals surface area (Å²) >= 11 is 6.69. The SMILES string of the molecule is Cc1sc2[nH]c(=S)n(NC(=O)c3ccc4c(c3)OCO4)c(=O)c2c1C. The summed E-state index contributed by atoms with van der Waals surface area (Å²) in [6.45, 7) is 3.93. The number of hydrogen-bond acceptors (Lipinski definition) is 6. The molecular weight excluding hydrogens is 362 g/mol. The monoisotopic (exact) mass is 375 g/mol. The van der Waals surface area contributed by atoms with Gasteiger partial charge < -0.3 is 14.5 Å². The van der Waals surface area contributed by atoms with E-state index in [-0.39, 0.29) is 17.1 Å². The third-order valence-corrected chi connectivity index (χ3v) is 5.48. The molecule has 0 spiro atoms. The average molecular weight is 375 g/mol. The summed E-state index contributed by atoms with van der Waals surface area (Å²) in [7, 11) is 0. The highest BCUT2D eigenvalue weighted by Crippen LogP contribution is 2.32. The Kier molecular flexibility index (Phi) is 3.62. The van der Waals surface area contributed by atoms with Crippen LogP contribution >= 0.6 is 23.6 Å². The first-order valence-corrected chi connectivity index (χ1v) is 8.64. The fourth-order valence-corrected chi connectivity index (χ4v) is 3.98. The normalized spacial score (nSPS) is 12.6. The number of aryl methyl sites for hydroxylation is 2. The molecule has 0 saturated carbocycles. The van der Waals surface area contributed by atoms with Gasteiger partial charge >= 0.3 is 0 Å². The quantitative estimate of drug-likeness (QED) is 0.673. The van der Waals surface area contributed by atoms with Crippen molar-refractivity contribution in [2.45, 2.75) is 13.8 Å². The Morgan fingerprint density at radius 2 is 2.08 bits per heavy atom. The molecule has 128 valence electrons. The number of H-pyrrole nitrogens is 1. The first-order valence-electron chi connectivity index (χ1n) is 7.42. The summed E-state index contributed by atoms with van der Waals surface area (Å²) in [6.07, 6.45) is 0. The van der Waals surface area contributed by atoms with Crippen LogP contribution in [0, 0.1) is 18.6 Å². The van der Waals surface area contributed by atoms with Crippen LogP contribution in [0.2, 0.25) is 0 Å². The van der Waals surface area contributed by atoms with Crippen molar-refractivity contribution >= 4 is 39.7 Å². The summed E-state index contributed by atoms with van der Waals surface area (Å²) in [5, 5.41) is 0.530. The number of nitrogens with one attached hydrogen (secondary N) is 2. The van der Waals surface area contributed by atoms with E-state index in [4.69, 9.17) is 21.7 Å². The molecule has 0 atom stereocenters. The van der Waals surface area contributed by atoms with Crippen molar-refractivity contribution in [3.05, 3.63) is 49.3 Å². The first kappa shape index (κ1) is 15.9. The number of rotatable bonds is 2. The van der Waals surface area contributed by atoms with E-state index < -0.39 is 5.91 Å². The topological polar surface area (TPSA) is 85.3 Å². The van der Waals surface area contributed by atoms with Crippen LogP contribution in [0.5, 0.6) is 11.5 Å². The van der Waals surface area contributed by atoms with Gasteiger partial charge in [0.2, 0.25) is 11.6 Å². The lowest BCUT2D eigenvalue weighted by Gasteiger charge is -2.09. The molecule has 1 aliphatic heterocycles. The van der Waals surface area contributed by atoms with Gasteiger partial charge in [-0.25, -0.2) is 0 Å². The molecule has 7 nitrogen and oxygen atoms in total. The van der Waals surface area contributed by atoms with Gasteiger partial charge in [0, 0.05) is 10.4 Å². The highest BCUT2D eigenvalue weighted by atomic mass is 32.1. The van der Waals surface area contributed by atoms with Crippen molar-refractivity contribution in [3.8, 4) is 11.5 Å². The Labute approximate surface area is 150 Å². The van der Waals surface area contributed by atoms with Gasteiger partial charge in [0.1, 0.15) is 4.83 Å². The number of ether oxygens (including phenoxy) is 2. The standard InChI is InChI=1S/C16H13N3O4S2/c1-7-8(2)25-14-12(7)15(21)19(16(24)17-14)18-13(20)9-3-4-10-11(5-9)23-6-22-10/h3-5H,6H2,1-2H3,(H,17,24)(H,18,20). The molecular formula is C16H13N3O4S2. The Morgan fingerprint density at radius 3 is 2.88 bits per heavy atom. The second kappa shape index (κ2) is 5.71. The number of aromatic amines is 1. The Bertz CT molecular complexity index is 1140. The average Bonchev–Trinajstić information content (AvgIpc) is 3.15. The number of hydrogen-bond donors (Lipinski definition) is 2. The minimum absolute atomic E-state index is 0.124. The van der Waals surface area contributed by atoms with Crippen LogP contribution in [0.15, 0.2) is 23.0 Å². The van der Waals surface area contributed by atoms with E-state index >= 15 is 0 Å². The maximum absolute atomic E-state index is 12.8. The summed E-state index contributed by atoms with van der Waals surface area (Å²) in [5.74, 6) is 0.602. The van der Waals surface area contributed by atoms with E-state index in [1.807, 2.05) is 13.8 Å². The Balaban J connectivity index is 1.75. The highest BCUT2D eigenvalue weighted by Gasteiger charge is 2.18. The van der Waals surface area contributed by atoms with Gasteiger partial charge in [-0.3, -0.25) is 15.0 Å². The van der Waals surface area contributed by atoms with Crippen molar-refractivity contribution in [1.29, 1.82) is 0 Å². The van der Waals surface area contributed by atoms with Gasteiger partial charge in [-0.1, -0.05) is 0 Å². The molecule has 25 heavy (non-hydrogen) atoms. The van der Waals surface area contributed by atoms with Crippen LogP contribution in [0.3, 0.4) is 0 Å². The van der Waals surface area contributed by atoms with Gasteiger partial charge in [0.25, 0.3) is 11.5 Å². The Hall–Kier alpha value is -2.65. The predicted molar refractivity (Wildman–Crippen MR) is 97.0 cm³/mol. The molecule has 1 amide bonds. The number of fused-ring (bicyclic) bond motifs is 2. The van der Waals surface area contributed by atoms with Crippen LogP contribution in [-0.2, 0) is 0 Å². The summed E-state index contributed by atoms with van der Waals surface area (Å²) < 4.78 is 11.7. The van der Waals surface area contributed by atoms with Crippen LogP contribution in [0.25, 0.3) is 10.2 Å². The van der Waals surface area contributed by atoms with Crippen LogP contribution < -0.4 is 20.5 Å². The van der Waals surface area contributed by atoms with Crippen LogP contribution in [0.4, 0.5) is 0 Å². The molecule has 9 heteroatoms. The lowest BCUT2D eigenvalue weighted by molar-refractivity contribution is 0.101. The summed E-state index contributed by atoms with van der Waals surface area (Å²) in [4.78, 5) is 30.0. The number of nitrogens with zero attached hydrogens (tertiary/aromatic N) is 1. The van der Waals surface area contributed by atoms with E-state index in [2.05, 4.69) is 10.4 Å². The number of thiophene rings is 1. The molecule has 2 aromatic heterocycles. The predicted octanol–water partition coefficient (Wildman–Crippen LogP) is 2.85. The molecule has 0 aliphatic carbocycles. The molecule has 0 bridgehead atoms. The van der Waals surface area contributed by atoms with E-state index in [0.717, 1.165) is 15.1 Å². The second-order valence-electron chi connectivity index (χ2n) is 5.57. The van der Waals surface area contributed by atoms with Crippen LogP contribution in [-0.4, -0.2) is 22.4 Å².